The van der Waals surface area contributed by atoms with E-state index in [-0.39, 0.29) is 18.3 Å². The molecule has 0 amide bonds. The molecule has 0 fully saturated rings. The second kappa shape index (κ2) is 6.29. The number of methoxy groups -OCH3 is 1. The van der Waals surface area contributed by atoms with E-state index in [0.717, 1.165) is 12.1 Å². The van der Waals surface area contributed by atoms with Crippen molar-refractivity contribution in [3.05, 3.63) is 33.6 Å². The number of hydrogen-bond acceptors (Lipinski definition) is 5. The number of carbonyl (C=O) groups is 1. The van der Waals surface area contributed by atoms with E-state index in [1.165, 1.54) is 12.0 Å². The molecular weight excluding hydrogens is 271 g/mol. The first-order valence-electron chi connectivity index (χ1n) is 5.72. The summed E-state index contributed by atoms with van der Waals surface area (Å²) >= 11 is 0. The molecule has 0 bridgehead atoms. The Hall–Kier alpha value is -2.22. The molecule has 0 radical (unpaired) electrons. The lowest BCUT2D eigenvalue weighted by atomic mass is 10.1. The zero-order valence-corrected chi connectivity index (χ0v) is 11.3. The predicted molar refractivity (Wildman–Crippen MR) is 69.8 cm³/mol. The summed E-state index contributed by atoms with van der Waals surface area (Å²) in [5, 5.41) is 19.8. The average molecular weight is 286 g/mol. The van der Waals surface area contributed by atoms with Gasteiger partial charge in [-0.05, 0) is 6.92 Å². The summed E-state index contributed by atoms with van der Waals surface area (Å²) in [4.78, 5) is 22.6. The van der Waals surface area contributed by atoms with Gasteiger partial charge in [0.25, 0.3) is 5.69 Å². The van der Waals surface area contributed by atoms with E-state index in [9.17, 15) is 19.3 Å². The molecule has 0 heterocycles. The van der Waals surface area contributed by atoms with Crippen molar-refractivity contribution in [2.75, 3.05) is 25.7 Å². The number of carboxylic acid groups (broad SMARTS) is 1. The van der Waals surface area contributed by atoms with Crippen LogP contribution in [0.1, 0.15) is 17.3 Å². The summed E-state index contributed by atoms with van der Waals surface area (Å²) in [6, 6.07) is 1.34. The number of rotatable bonds is 6. The maximum Gasteiger partial charge on any atom is 0.338 e. The van der Waals surface area contributed by atoms with Crippen molar-refractivity contribution in [1.29, 1.82) is 0 Å². The van der Waals surface area contributed by atoms with E-state index >= 15 is 0 Å². The molecule has 110 valence electrons. The monoisotopic (exact) mass is 286 g/mol. The Kier molecular flexibility index (Phi) is 4.98. The number of nitro benzene ring substituents is 1. The van der Waals surface area contributed by atoms with Gasteiger partial charge in [0.05, 0.1) is 11.5 Å². The van der Waals surface area contributed by atoms with Gasteiger partial charge >= 0.3 is 5.97 Å². The van der Waals surface area contributed by atoms with Crippen molar-refractivity contribution < 1.29 is 24.0 Å². The van der Waals surface area contributed by atoms with Crippen LogP contribution in [0.25, 0.3) is 0 Å². The van der Waals surface area contributed by atoms with Gasteiger partial charge in [0, 0.05) is 32.3 Å². The molecule has 0 saturated carbocycles. The molecule has 7 nitrogen and oxygen atoms in total. The second-order valence-electron chi connectivity index (χ2n) is 4.30. The Balaban J connectivity index is 3.35. The summed E-state index contributed by atoms with van der Waals surface area (Å²) in [5.41, 5.74) is -1.19. The first-order valence-corrected chi connectivity index (χ1v) is 5.72. The highest BCUT2D eigenvalue weighted by Crippen LogP contribution is 2.31. The lowest BCUT2D eigenvalue weighted by molar-refractivity contribution is -0.384. The highest BCUT2D eigenvalue weighted by molar-refractivity contribution is 5.90. The van der Waals surface area contributed by atoms with Crippen LogP contribution in [0.3, 0.4) is 0 Å². The van der Waals surface area contributed by atoms with Crippen LogP contribution in [-0.4, -0.2) is 42.8 Å². The number of nitro groups is 1. The molecule has 1 aromatic carbocycles. The summed E-state index contributed by atoms with van der Waals surface area (Å²) in [6.07, 6.45) is 0. The van der Waals surface area contributed by atoms with E-state index in [1.54, 1.807) is 14.0 Å². The fourth-order valence-electron chi connectivity index (χ4n) is 1.73. The maximum atomic E-state index is 13.7. The first-order chi connectivity index (χ1) is 9.29. The molecule has 20 heavy (non-hydrogen) atoms. The lowest BCUT2D eigenvalue weighted by Gasteiger charge is -2.26. The quantitative estimate of drug-likeness (QED) is 0.634. The minimum absolute atomic E-state index is 0.00190. The second-order valence-corrected chi connectivity index (χ2v) is 4.30. The van der Waals surface area contributed by atoms with Crippen LogP contribution in [0, 0.1) is 15.9 Å². The van der Waals surface area contributed by atoms with Crippen LogP contribution in [-0.2, 0) is 4.74 Å². The van der Waals surface area contributed by atoms with Crippen molar-refractivity contribution in [2.45, 2.75) is 13.0 Å². The molecule has 1 rings (SSSR count). The van der Waals surface area contributed by atoms with E-state index in [0.29, 0.717) is 0 Å². The maximum absolute atomic E-state index is 13.7. The van der Waals surface area contributed by atoms with Gasteiger partial charge in [-0.2, -0.15) is 0 Å². The van der Waals surface area contributed by atoms with E-state index in [2.05, 4.69) is 0 Å². The lowest BCUT2D eigenvalue weighted by Crippen LogP contribution is -2.33. The Morgan fingerprint density at radius 2 is 2.20 bits per heavy atom. The van der Waals surface area contributed by atoms with Crippen LogP contribution in [0.4, 0.5) is 15.8 Å². The van der Waals surface area contributed by atoms with Crippen LogP contribution < -0.4 is 4.90 Å². The normalized spacial score (nSPS) is 12.0. The summed E-state index contributed by atoms with van der Waals surface area (Å²) < 4.78 is 18.6. The number of benzene rings is 1. The molecule has 1 N–H and O–H groups in total. The number of anilines is 1. The van der Waals surface area contributed by atoms with Crippen LogP contribution in [0.5, 0.6) is 0 Å². The van der Waals surface area contributed by atoms with Gasteiger partial charge in [-0.3, -0.25) is 10.1 Å². The highest BCUT2D eigenvalue weighted by Gasteiger charge is 2.25. The number of aromatic carboxylic acids is 1. The van der Waals surface area contributed by atoms with E-state index in [1.807, 2.05) is 0 Å². The van der Waals surface area contributed by atoms with Crippen molar-refractivity contribution >= 4 is 17.3 Å². The molecule has 0 aliphatic heterocycles. The Bertz CT molecular complexity index is 535. The Labute approximate surface area is 114 Å². The molecule has 0 saturated heterocycles. The minimum atomic E-state index is -1.55. The zero-order valence-electron chi connectivity index (χ0n) is 11.3. The topological polar surface area (TPSA) is 92.9 Å². The van der Waals surface area contributed by atoms with Crippen molar-refractivity contribution in [1.82, 2.24) is 0 Å². The molecule has 1 unspecified atom stereocenters. The van der Waals surface area contributed by atoms with Crippen LogP contribution in [0.15, 0.2) is 12.1 Å². The number of nitrogens with zero attached hydrogens (tertiary/aromatic N) is 2. The number of carboxylic acids is 1. The van der Waals surface area contributed by atoms with Gasteiger partial charge in [-0.25, -0.2) is 9.18 Å². The zero-order chi connectivity index (χ0) is 15.4. The first kappa shape index (κ1) is 15.8. The number of hydrogen-bond donors (Lipinski definition) is 1. The minimum Gasteiger partial charge on any atom is -0.478 e. The fourth-order valence-corrected chi connectivity index (χ4v) is 1.73. The third kappa shape index (κ3) is 3.21. The van der Waals surface area contributed by atoms with Gasteiger partial charge in [0.2, 0.25) is 0 Å². The molecule has 1 atom stereocenters. The molecule has 0 spiro atoms. The third-order valence-electron chi connectivity index (χ3n) is 2.94. The molecule has 0 aromatic heterocycles. The summed E-state index contributed by atoms with van der Waals surface area (Å²) in [5.74, 6) is -2.57. The molecular formula is C12H15FN2O5. The van der Waals surface area contributed by atoms with Gasteiger partial charge < -0.3 is 14.7 Å². The standard InChI is InChI=1S/C12H15FN2O5/c1-7(6-20-3)14(2)10-5-9(13)8(12(16)17)4-11(10)15(18)19/h4-5,7H,6H2,1-3H3,(H,16,17). The number of ether oxygens (including phenoxy) is 1. The molecule has 8 heteroatoms. The fraction of sp³-hybridized carbons (Fsp3) is 0.417. The smallest absolute Gasteiger partial charge is 0.338 e. The van der Waals surface area contributed by atoms with Crippen molar-refractivity contribution in [2.24, 2.45) is 0 Å². The third-order valence-corrected chi connectivity index (χ3v) is 2.94. The molecule has 0 aliphatic carbocycles. The van der Waals surface area contributed by atoms with Crippen LogP contribution in [0.2, 0.25) is 0 Å². The summed E-state index contributed by atoms with van der Waals surface area (Å²) in [6.45, 7) is 2.03. The SMILES string of the molecule is COCC(C)N(C)c1cc(F)c(C(=O)O)cc1[N+](=O)[O-]. The molecule has 0 aliphatic rings. The van der Waals surface area contributed by atoms with Gasteiger partial charge in [0.15, 0.2) is 0 Å². The van der Waals surface area contributed by atoms with Gasteiger partial charge in [-0.1, -0.05) is 0 Å². The summed E-state index contributed by atoms with van der Waals surface area (Å²) in [7, 11) is 3.03. The van der Waals surface area contributed by atoms with Crippen molar-refractivity contribution in [3.63, 3.8) is 0 Å². The van der Waals surface area contributed by atoms with E-state index in [4.69, 9.17) is 9.84 Å². The van der Waals surface area contributed by atoms with Gasteiger partial charge in [0.1, 0.15) is 17.1 Å². The number of halogens is 1. The van der Waals surface area contributed by atoms with Crippen molar-refractivity contribution in [3.8, 4) is 0 Å². The number of likely N-dealkylation sites (N-methyl/N-ethyl adjacent to an activating group) is 1. The van der Waals surface area contributed by atoms with Crippen LogP contribution >= 0.6 is 0 Å². The molecule has 1 aromatic rings. The highest BCUT2D eigenvalue weighted by atomic mass is 19.1. The Morgan fingerprint density at radius 1 is 1.60 bits per heavy atom. The largest absolute Gasteiger partial charge is 0.478 e. The Morgan fingerprint density at radius 3 is 2.65 bits per heavy atom. The van der Waals surface area contributed by atoms with E-state index < -0.39 is 28.0 Å². The predicted octanol–water partition coefficient (Wildman–Crippen LogP) is 1.90. The van der Waals surface area contributed by atoms with Gasteiger partial charge in [-0.15, -0.1) is 0 Å². The average Bonchev–Trinajstić information content (AvgIpc) is 2.36.